The van der Waals surface area contributed by atoms with Gasteiger partial charge in [0.25, 0.3) is 5.91 Å². The van der Waals surface area contributed by atoms with Crippen LogP contribution in [0.15, 0.2) is 46.9 Å². The number of para-hydroxylation sites is 1. The third kappa shape index (κ3) is 5.20. The fraction of sp³-hybridized carbons (Fsp3) is 0.350. The van der Waals surface area contributed by atoms with Gasteiger partial charge in [-0.3, -0.25) is 4.79 Å². The van der Waals surface area contributed by atoms with Crippen molar-refractivity contribution >= 4 is 27.5 Å². The maximum atomic E-state index is 13.1. The van der Waals surface area contributed by atoms with Crippen LogP contribution in [0.1, 0.15) is 5.56 Å². The van der Waals surface area contributed by atoms with Crippen LogP contribution in [-0.2, 0) is 16.1 Å². The summed E-state index contributed by atoms with van der Waals surface area (Å²) in [4.78, 5) is 16.4. The van der Waals surface area contributed by atoms with E-state index in [9.17, 15) is 9.18 Å². The standard InChI is InChI=1S/C20H22BrFN2O3/c1-23(20(25)14-27-19-7-6-16(22)12-17(19)21)13-15-4-2-3-5-18(15)24-8-10-26-11-9-24/h2-7,12H,8-11,13-14H2,1H3. The zero-order valence-electron chi connectivity index (χ0n) is 15.2. The molecule has 144 valence electrons. The molecule has 3 rings (SSSR count). The van der Waals surface area contributed by atoms with Crippen molar-refractivity contribution in [2.45, 2.75) is 6.54 Å². The first kappa shape index (κ1) is 19.6. The number of ether oxygens (including phenoxy) is 2. The Hall–Kier alpha value is -2.12. The number of carbonyl (C=O) groups is 1. The fourth-order valence-electron chi connectivity index (χ4n) is 2.94. The lowest BCUT2D eigenvalue weighted by molar-refractivity contribution is -0.132. The molecule has 0 bridgehead atoms. The summed E-state index contributed by atoms with van der Waals surface area (Å²) in [7, 11) is 1.75. The maximum Gasteiger partial charge on any atom is 0.260 e. The largest absolute Gasteiger partial charge is 0.483 e. The second-order valence-corrected chi connectivity index (χ2v) is 7.20. The van der Waals surface area contributed by atoms with Crippen LogP contribution >= 0.6 is 15.9 Å². The predicted molar refractivity (Wildman–Crippen MR) is 106 cm³/mol. The van der Waals surface area contributed by atoms with E-state index in [0.717, 1.165) is 24.3 Å². The van der Waals surface area contributed by atoms with Crippen LogP contribution < -0.4 is 9.64 Å². The summed E-state index contributed by atoms with van der Waals surface area (Å²) in [5.41, 5.74) is 2.21. The molecule has 1 saturated heterocycles. The van der Waals surface area contributed by atoms with Crippen LogP contribution in [0.25, 0.3) is 0 Å². The number of morpholine rings is 1. The van der Waals surface area contributed by atoms with Crippen molar-refractivity contribution in [1.29, 1.82) is 0 Å². The Bertz CT molecular complexity index is 797. The van der Waals surface area contributed by atoms with E-state index in [4.69, 9.17) is 9.47 Å². The van der Waals surface area contributed by atoms with Crippen molar-refractivity contribution in [3.63, 3.8) is 0 Å². The van der Waals surface area contributed by atoms with Gasteiger partial charge in [0.2, 0.25) is 0 Å². The number of benzene rings is 2. The molecule has 0 saturated carbocycles. The third-order valence-electron chi connectivity index (χ3n) is 4.42. The summed E-state index contributed by atoms with van der Waals surface area (Å²) in [5, 5.41) is 0. The molecule has 0 aromatic heterocycles. The Balaban J connectivity index is 1.61. The quantitative estimate of drug-likeness (QED) is 0.695. The van der Waals surface area contributed by atoms with Crippen LogP contribution in [0.2, 0.25) is 0 Å². The second-order valence-electron chi connectivity index (χ2n) is 6.34. The normalized spacial score (nSPS) is 14.1. The summed E-state index contributed by atoms with van der Waals surface area (Å²) < 4.78 is 24.6. The van der Waals surface area contributed by atoms with E-state index in [0.29, 0.717) is 30.0 Å². The van der Waals surface area contributed by atoms with Crippen LogP contribution in [0.3, 0.4) is 0 Å². The zero-order chi connectivity index (χ0) is 19.2. The van der Waals surface area contributed by atoms with E-state index >= 15 is 0 Å². The Morgan fingerprint density at radius 3 is 2.74 bits per heavy atom. The molecule has 5 nitrogen and oxygen atoms in total. The van der Waals surface area contributed by atoms with Crippen molar-refractivity contribution in [3.8, 4) is 5.75 Å². The van der Waals surface area contributed by atoms with E-state index in [2.05, 4.69) is 26.9 Å². The summed E-state index contributed by atoms with van der Waals surface area (Å²) in [6, 6.07) is 12.2. The van der Waals surface area contributed by atoms with Crippen molar-refractivity contribution in [2.24, 2.45) is 0 Å². The topological polar surface area (TPSA) is 42.0 Å². The average molecular weight is 437 g/mol. The van der Waals surface area contributed by atoms with Gasteiger partial charge in [-0.05, 0) is 45.8 Å². The number of likely N-dealkylation sites (N-methyl/N-ethyl adjacent to an activating group) is 1. The van der Waals surface area contributed by atoms with Gasteiger partial charge < -0.3 is 19.3 Å². The molecule has 2 aromatic rings. The van der Waals surface area contributed by atoms with Crippen molar-refractivity contribution in [1.82, 2.24) is 4.90 Å². The molecule has 0 spiro atoms. The van der Waals surface area contributed by atoms with Crippen LogP contribution in [0.5, 0.6) is 5.75 Å². The number of halogens is 2. The SMILES string of the molecule is CN(Cc1ccccc1N1CCOCC1)C(=O)COc1ccc(F)cc1Br. The maximum absolute atomic E-state index is 13.1. The van der Waals surface area contributed by atoms with Gasteiger partial charge in [-0.25, -0.2) is 4.39 Å². The van der Waals surface area contributed by atoms with Crippen LogP contribution in [0.4, 0.5) is 10.1 Å². The van der Waals surface area contributed by atoms with Crippen molar-refractivity contribution in [2.75, 3.05) is 44.9 Å². The first-order valence-corrected chi connectivity index (χ1v) is 9.56. The number of carbonyl (C=O) groups excluding carboxylic acids is 1. The number of rotatable bonds is 6. The van der Waals surface area contributed by atoms with E-state index < -0.39 is 0 Å². The van der Waals surface area contributed by atoms with Gasteiger partial charge in [-0.15, -0.1) is 0 Å². The highest BCUT2D eigenvalue weighted by Gasteiger charge is 2.17. The number of anilines is 1. The highest BCUT2D eigenvalue weighted by molar-refractivity contribution is 9.10. The average Bonchev–Trinajstić information content (AvgIpc) is 2.68. The molecule has 1 amide bonds. The molecule has 7 heteroatoms. The zero-order valence-corrected chi connectivity index (χ0v) is 16.7. The lowest BCUT2D eigenvalue weighted by atomic mass is 10.1. The first-order valence-electron chi connectivity index (χ1n) is 8.77. The molecule has 1 heterocycles. The smallest absolute Gasteiger partial charge is 0.260 e. The Kier molecular flexibility index (Phi) is 6.68. The summed E-state index contributed by atoms with van der Waals surface area (Å²) in [5.74, 6) is -0.0766. The number of amides is 1. The van der Waals surface area contributed by atoms with Crippen molar-refractivity contribution in [3.05, 3.63) is 58.3 Å². The van der Waals surface area contributed by atoms with Gasteiger partial charge in [-0.1, -0.05) is 18.2 Å². The lowest BCUT2D eigenvalue weighted by Crippen LogP contribution is -2.37. The summed E-state index contributed by atoms with van der Waals surface area (Å²) >= 11 is 3.24. The van der Waals surface area contributed by atoms with E-state index in [1.54, 1.807) is 11.9 Å². The molecule has 1 aliphatic rings. The van der Waals surface area contributed by atoms with E-state index in [1.807, 2.05) is 18.2 Å². The monoisotopic (exact) mass is 436 g/mol. The molecular formula is C20H22BrFN2O3. The molecule has 0 aliphatic carbocycles. The van der Waals surface area contributed by atoms with Gasteiger partial charge in [0.15, 0.2) is 6.61 Å². The molecule has 2 aromatic carbocycles. The minimum Gasteiger partial charge on any atom is -0.483 e. The highest BCUT2D eigenvalue weighted by atomic mass is 79.9. The lowest BCUT2D eigenvalue weighted by Gasteiger charge is -2.31. The number of hydrogen-bond donors (Lipinski definition) is 0. The Labute approximate surface area is 166 Å². The van der Waals surface area contributed by atoms with Gasteiger partial charge in [-0.2, -0.15) is 0 Å². The predicted octanol–water partition coefficient (Wildman–Crippen LogP) is 3.46. The molecule has 1 fully saturated rings. The molecule has 0 N–H and O–H groups in total. The Morgan fingerprint density at radius 1 is 1.26 bits per heavy atom. The molecule has 1 aliphatic heterocycles. The van der Waals surface area contributed by atoms with E-state index in [1.165, 1.54) is 18.2 Å². The molecule has 0 unspecified atom stereocenters. The first-order chi connectivity index (χ1) is 13.0. The molecule has 0 atom stereocenters. The van der Waals surface area contributed by atoms with Crippen LogP contribution in [0, 0.1) is 5.82 Å². The summed E-state index contributed by atoms with van der Waals surface area (Å²) in [6.07, 6.45) is 0. The van der Waals surface area contributed by atoms with Gasteiger partial charge in [0, 0.05) is 32.4 Å². The van der Waals surface area contributed by atoms with Crippen molar-refractivity contribution < 1.29 is 18.7 Å². The number of nitrogens with zero attached hydrogens (tertiary/aromatic N) is 2. The minimum absolute atomic E-state index is 0.111. The summed E-state index contributed by atoms with van der Waals surface area (Å²) in [6.45, 7) is 3.49. The molecular weight excluding hydrogens is 415 g/mol. The van der Waals surface area contributed by atoms with E-state index in [-0.39, 0.29) is 18.3 Å². The van der Waals surface area contributed by atoms with Gasteiger partial charge in [0.05, 0.1) is 17.7 Å². The second kappa shape index (κ2) is 9.19. The third-order valence-corrected chi connectivity index (χ3v) is 5.04. The minimum atomic E-state index is -0.364. The van der Waals surface area contributed by atoms with Crippen LogP contribution in [-0.4, -0.2) is 50.8 Å². The molecule has 0 radical (unpaired) electrons. The Morgan fingerprint density at radius 2 is 2.00 bits per heavy atom. The fourth-order valence-corrected chi connectivity index (χ4v) is 3.41. The van der Waals surface area contributed by atoms with Gasteiger partial charge >= 0.3 is 0 Å². The molecule has 27 heavy (non-hydrogen) atoms. The highest BCUT2D eigenvalue weighted by Crippen LogP contribution is 2.26. The van der Waals surface area contributed by atoms with Gasteiger partial charge in [0.1, 0.15) is 11.6 Å². The number of hydrogen-bond acceptors (Lipinski definition) is 4.